The van der Waals surface area contributed by atoms with Crippen molar-refractivity contribution in [1.82, 2.24) is 25.2 Å². The van der Waals surface area contributed by atoms with Gasteiger partial charge in [0.15, 0.2) is 5.96 Å². The van der Waals surface area contributed by atoms with Gasteiger partial charge in [-0.25, -0.2) is 9.98 Å². The molecule has 6 heteroatoms. The predicted octanol–water partition coefficient (Wildman–Crippen LogP) is 4.02. The number of aromatic nitrogens is 3. The maximum absolute atomic E-state index is 4.76. The van der Waals surface area contributed by atoms with Gasteiger partial charge in [0.05, 0.1) is 0 Å². The zero-order valence-electron chi connectivity index (χ0n) is 18.2. The molecule has 0 unspecified atom stereocenters. The zero-order valence-corrected chi connectivity index (χ0v) is 18.2. The number of nitrogens with zero attached hydrogens (tertiary/aromatic N) is 3. The molecule has 0 aliphatic heterocycles. The van der Waals surface area contributed by atoms with Gasteiger partial charge in [-0.3, -0.25) is 0 Å². The molecule has 6 nitrogen and oxygen atoms in total. The summed E-state index contributed by atoms with van der Waals surface area (Å²) in [6, 6.07) is 16.9. The Bertz CT molecular complexity index is 1140. The number of guanidine groups is 1. The number of hydrogen-bond acceptors (Lipinski definition) is 2. The van der Waals surface area contributed by atoms with Crippen molar-refractivity contribution < 1.29 is 0 Å². The van der Waals surface area contributed by atoms with Gasteiger partial charge in [0.2, 0.25) is 0 Å². The van der Waals surface area contributed by atoms with Crippen molar-refractivity contribution in [2.24, 2.45) is 4.99 Å². The molecule has 0 bridgehead atoms. The van der Waals surface area contributed by atoms with Gasteiger partial charge in [0.25, 0.3) is 0 Å². The molecule has 3 N–H and O–H groups in total. The summed E-state index contributed by atoms with van der Waals surface area (Å²) < 4.78 is 2.15. The topological polar surface area (TPSA) is 70.0 Å². The Labute approximate surface area is 183 Å². The van der Waals surface area contributed by atoms with Crippen LogP contribution in [-0.2, 0) is 19.5 Å². The summed E-state index contributed by atoms with van der Waals surface area (Å²) in [4.78, 5) is 12.7. The van der Waals surface area contributed by atoms with E-state index in [1.807, 2.05) is 18.5 Å². The molecule has 31 heavy (non-hydrogen) atoms. The van der Waals surface area contributed by atoms with E-state index in [9.17, 15) is 0 Å². The van der Waals surface area contributed by atoms with Crippen molar-refractivity contribution >= 4 is 16.9 Å². The van der Waals surface area contributed by atoms with Crippen molar-refractivity contribution in [3.63, 3.8) is 0 Å². The van der Waals surface area contributed by atoms with Gasteiger partial charge in [-0.1, -0.05) is 48.5 Å². The fourth-order valence-corrected chi connectivity index (χ4v) is 3.79. The van der Waals surface area contributed by atoms with Crippen LogP contribution in [0.5, 0.6) is 0 Å². The Morgan fingerprint density at radius 1 is 1.10 bits per heavy atom. The Balaban J connectivity index is 1.38. The fourth-order valence-electron chi connectivity index (χ4n) is 3.79. The molecule has 0 fully saturated rings. The van der Waals surface area contributed by atoms with Gasteiger partial charge < -0.3 is 20.2 Å². The second-order valence-corrected chi connectivity index (χ2v) is 7.64. The highest BCUT2D eigenvalue weighted by molar-refractivity contribution is 5.86. The van der Waals surface area contributed by atoms with Crippen LogP contribution in [0.2, 0.25) is 0 Å². The normalized spacial score (nSPS) is 11.7. The van der Waals surface area contributed by atoms with Crippen molar-refractivity contribution in [3.05, 3.63) is 89.6 Å². The monoisotopic (exact) mass is 414 g/mol. The second-order valence-electron chi connectivity index (χ2n) is 7.64. The molecular formula is C25H30N6. The van der Waals surface area contributed by atoms with Crippen LogP contribution >= 0.6 is 0 Å². The molecule has 0 saturated carbocycles. The van der Waals surface area contributed by atoms with E-state index in [1.54, 1.807) is 0 Å². The van der Waals surface area contributed by atoms with E-state index in [2.05, 4.69) is 87.7 Å². The maximum Gasteiger partial charge on any atom is 0.191 e. The average molecular weight is 415 g/mol. The van der Waals surface area contributed by atoms with Crippen LogP contribution in [0.3, 0.4) is 0 Å². The van der Waals surface area contributed by atoms with Gasteiger partial charge in [0.1, 0.15) is 12.4 Å². The zero-order chi connectivity index (χ0) is 21.5. The molecule has 0 amide bonds. The van der Waals surface area contributed by atoms with E-state index in [1.165, 1.54) is 27.6 Å². The van der Waals surface area contributed by atoms with Crippen molar-refractivity contribution in [2.75, 3.05) is 13.1 Å². The number of H-pyrrole nitrogens is 1. The first-order valence-electron chi connectivity index (χ1n) is 10.9. The Kier molecular flexibility index (Phi) is 6.67. The fraction of sp³-hybridized carbons (Fsp3) is 0.280. The third-order valence-electron chi connectivity index (χ3n) is 5.42. The number of aromatic amines is 1. The molecule has 2 heterocycles. The lowest BCUT2D eigenvalue weighted by Crippen LogP contribution is -2.38. The maximum atomic E-state index is 4.76. The minimum absolute atomic E-state index is 0.529. The minimum Gasteiger partial charge on any atom is -0.361 e. The van der Waals surface area contributed by atoms with Crippen LogP contribution in [-0.4, -0.2) is 33.6 Å². The van der Waals surface area contributed by atoms with E-state index < -0.39 is 0 Å². The second kappa shape index (κ2) is 9.98. The molecule has 0 saturated heterocycles. The number of imidazole rings is 1. The molecule has 4 aromatic rings. The van der Waals surface area contributed by atoms with E-state index in [0.717, 1.165) is 37.8 Å². The smallest absolute Gasteiger partial charge is 0.191 e. The lowest BCUT2D eigenvalue weighted by Gasteiger charge is -2.12. The summed E-state index contributed by atoms with van der Waals surface area (Å²) in [6.07, 6.45) is 6.89. The number of para-hydroxylation sites is 1. The molecule has 0 spiro atoms. The van der Waals surface area contributed by atoms with E-state index >= 15 is 0 Å². The molecular weight excluding hydrogens is 384 g/mol. The largest absolute Gasteiger partial charge is 0.361 e. The molecule has 0 aliphatic carbocycles. The molecule has 2 aromatic carbocycles. The standard InChI is InChI=1S/C25H30N6/c1-3-26-25(28-13-12-21-16-29-24-19(2)8-7-11-22(21)24)30-17-23-27-14-15-31(23)18-20-9-5-4-6-10-20/h4-11,14-16,29H,3,12-13,17-18H2,1-2H3,(H2,26,28,30). The van der Waals surface area contributed by atoms with Crippen LogP contribution in [0.1, 0.15) is 29.4 Å². The van der Waals surface area contributed by atoms with Crippen LogP contribution in [0.15, 0.2) is 72.1 Å². The summed E-state index contributed by atoms with van der Waals surface area (Å²) >= 11 is 0. The Hall–Kier alpha value is -3.54. The summed E-state index contributed by atoms with van der Waals surface area (Å²) in [6.45, 7) is 7.17. The number of fused-ring (bicyclic) bond motifs is 1. The molecule has 0 aliphatic rings. The first-order valence-corrected chi connectivity index (χ1v) is 10.9. The molecule has 0 radical (unpaired) electrons. The van der Waals surface area contributed by atoms with E-state index in [4.69, 9.17) is 4.99 Å². The minimum atomic E-state index is 0.529. The highest BCUT2D eigenvalue weighted by Gasteiger charge is 2.07. The van der Waals surface area contributed by atoms with Gasteiger partial charge in [-0.15, -0.1) is 0 Å². The molecule has 4 rings (SSSR count). The number of benzene rings is 2. The summed E-state index contributed by atoms with van der Waals surface area (Å²) in [7, 11) is 0. The number of aliphatic imine (C=N–C) groups is 1. The highest BCUT2D eigenvalue weighted by Crippen LogP contribution is 2.21. The van der Waals surface area contributed by atoms with Gasteiger partial charge in [-0.05, 0) is 37.0 Å². The lowest BCUT2D eigenvalue weighted by atomic mass is 10.1. The molecule has 160 valence electrons. The summed E-state index contributed by atoms with van der Waals surface area (Å²) in [5.41, 5.74) is 5.08. The Morgan fingerprint density at radius 3 is 2.81 bits per heavy atom. The Morgan fingerprint density at radius 2 is 1.97 bits per heavy atom. The highest BCUT2D eigenvalue weighted by atomic mass is 15.2. The number of hydrogen-bond donors (Lipinski definition) is 3. The van der Waals surface area contributed by atoms with Crippen LogP contribution in [0.4, 0.5) is 0 Å². The van der Waals surface area contributed by atoms with Crippen LogP contribution in [0.25, 0.3) is 10.9 Å². The number of rotatable bonds is 8. The summed E-state index contributed by atoms with van der Waals surface area (Å²) in [5, 5.41) is 8.09. The first kappa shape index (κ1) is 20.7. The van der Waals surface area contributed by atoms with Crippen LogP contribution in [0, 0.1) is 6.92 Å². The number of aryl methyl sites for hydroxylation is 1. The van der Waals surface area contributed by atoms with Gasteiger partial charge >= 0.3 is 0 Å². The lowest BCUT2D eigenvalue weighted by molar-refractivity contribution is 0.716. The average Bonchev–Trinajstić information content (AvgIpc) is 3.40. The molecule has 0 atom stereocenters. The predicted molar refractivity (Wildman–Crippen MR) is 127 cm³/mol. The SMILES string of the molecule is CCNC(=NCc1nccn1Cc1ccccc1)NCCc1c[nH]c2c(C)cccc12. The molecule has 2 aromatic heterocycles. The van der Waals surface area contributed by atoms with Gasteiger partial charge in [0, 0.05) is 49.1 Å². The van der Waals surface area contributed by atoms with Crippen LogP contribution < -0.4 is 10.6 Å². The third-order valence-corrected chi connectivity index (χ3v) is 5.42. The van der Waals surface area contributed by atoms with Crippen molar-refractivity contribution in [2.45, 2.75) is 33.4 Å². The van der Waals surface area contributed by atoms with Crippen molar-refractivity contribution in [1.29, 1.82) is 0 Å². The van der Waals surface area contributed by atoms with Gasteiger partial charge in [-0.2, -0.15) is 0 Å². The van der Waals surface area contributed by atoms with Crippen molar-refractivity contribution in [3.8, 4) is 0 Å². The summed E-state index contributed by atoms with van der Waals surface area (Å²) in [5.74, 6) is 1.76. The van der Waals surface area contributed by atoms with E-state index in [-0.39, 0.29) is 0 Å². The van der Waals surface area contributed by atoms with E-state index in [0.29, 0.717) is 6.54 Å². The quantitative estimate of drug-likeness (QED) is 0.301. The number of nitrogens with one attached hydrogen (secondary N) is 3. The third kappa shape index (κ3) is 5.15. The first-order chi connectivity index (χ1) is 15.2.